The van der Waals surface area contributed by atoms with Gasteiger partial charge in [-0.3, -0.25) is 0 Å². The maximum atomic E-state index is 12.6. The number of nitrogens with zero attached hydrogens (tertiary/aromatic N) is 1. The van der Waals surface area contributed by atoms with Gasteiger partial charge in [-0.1, -0.05) is 30.3 Å². The van der Waals surface area contributed by atoms with Crippen LogP contribution in [0, 0.1) is 0 Å². The smallest absolute Gasteiger partial charge is 0.105 e. The van der Waals surface area contributed by atoms with Gasteiger partial charge in [0.25, 0.3) is 0 Å². The first-order valence-electron chi connectivity index (χ1n) is 4.50. The highest BCUT2D eigenvalue weighted by atomic mass is 19.1. The molecule has 0 aliphatic rings. The Morgan fingerprint density at radius 1 is 1.23 bits per heavy atom. The zero-order valence-corrected chi connectivity index (χ0v) is 8.20. The third-order valence-electron chi connectivity index (χ3n) is 2.22. The Hall–Kier alpha value is -0.890. The van der Waals surface area contributed by atoms with E-state index < -0.39 is 0 Å². The van der Waals surface area contributed by atoms with Crippen LogP contribution >= 0.6 is 0 Å². The molecule has 0 heterocycles. The van der Waals surface area contributed by atoms with Crippen LogP contribution < -0.4 is 0 Å². The molecule has 0 radical (unpaired) electrons. The average molecular weight is 181 g/mol. The Balaban J connectivity index is 2.57. The van der Waals surface area contributed by atoms with Crippen molar-refractivity contribution in [3.63, 3.8) is 0 Å². The van der Waals surface area contributed by atoms with Crippen molar-refractivity contribution in [2.75, 3.05) is 20.8 Å². The van der Waals surface area contributed by atoms with Crippen molar-refractivity contribution in [1.82, 2.24) is 4.90 Å². The molecule has 0 aliphatic carbocycles. The standard InChI is InChI=1S/C11H16FN/c1-13(2)11(9-12)8-10-6-4-3-5-7-10/h3-7,11H,8-9H2,1-2H3/t11-/m0/s1. The van der Waals surface area contributed by atoms with Crippen LogP contribution in [-0.4, -0.2) is 31.7 Å². The van der Waals surface area contributed by atoms with E-state index in [1.54, 1.807) is 0 Å². The summed E-state index contributed by atoms with van der Waals surface area (Å²) in [4.78, 5) is 1.92. The van der Waals surface area contributed by atoms with E-state index in [1.807, 2.05) is 49.3 Å². The molecule has 0 saturated heterocycles. The summed E-state index contributed by atoms with van der Waals surface area (Å²) in [5, 5.41) is 0. The SMILES string of the molecule is CN(C)[C@H](CF)Cc1ccccc1. The third-order valence-corrected chi connectivity index (χ3v) is 2.22. The van der Waals surface area contributed by atoms with E-state index in [0.717, 1.165) is 6.42 Å². The molecular formula is C11H16FN. The molecule has 0 amide bonds. The molecule has 0 saturated carbocycles. The Kier molecular flexibility index (Phi) is 3.90. The van der Waals surface area contributed by atoms with Gasteiger partial charge in [-0.25, -0.2) is 4.39 Å². The molecule has 0 spiro atoms. The number of likely N-dealkylation sites (N-methyl/N-ethyl adjacent to an activating group) is 1. The molecule has 0 aliphatic heterocycles. The maximum Gasteiger partial charge on any atom is 0.105 e. The van der Waals surface area contributed by atoms with Gasteiger partial charge < -0.3 is 4.90 Å². The van der Waals surface area contributed by atoms with E-state index in [0.29, 0.717) is 0 Å². The van der Waals surface area contributed by atoms with Gasteiger partial charge in [0.05, 0.1) is 0 Å². The summed E-state index contributed by atoms with van der Waals surface area (Å²) < 4.78 is 12.6. The lowest BCUT2D eigenvalue weighted by Crippen LogP contribution is -2.31. The lowest BCUT2D eigenvalue weighted by molar-refractivity contribution is 0.237. The van der Waals surface area contributed by atoms with E-state index in [1.165, 1.54) is 5.56 Å². The monoisotopic (exact) mass is 181 g/mol. The largest absolute Gasteiger partial charge is 0.304 e. The summed E-state index contributed by atoms with van der Waals surface area (Å²) in [6.45, 7) is -0.290. The van der Waals surface area contributed by atoms with Crippen LogP contribution in [0.2, 0.25) is 0 Å². The van der Waals surface area contributed by atoms with Crippen molar-refractivity contribution in [3.05, 3.63) is 35.9 Å². The second-order valence-corrected chi connectivity index (χ2v) is 3.46. The minimum Gasteiger partial charge on any atom is -0.304 e. The number of alkyl halides is 1. The van der Waals surface area contributed by atoms with Crippen LogP contribution in [0.25, 0.3) is 0 Å². The van der Waals surface area contributed by atoms with Crippen LogP contribution in [0.5, 0.6) is 0 Å². The van der Waals surface area contributed by atoms with Gasteiger partial charge in [0.1, 0.15) is 6.67 Å². The van der Waals surface area contributed by atoms with E-state index in [2.05, 4.69) is 0 Å². The van der Waals surface area contributed by atoms with Crippen LogP contribution in [0.4, 0.5) is 4.39 Å². The Morgan fingerprint density at radius 2 is 1.85 bits per heavy atom. The molecule has 72 valence electrons. The highest BCUT2D eigenvalue weighted by Crippen LogP contribution is 2.06. The fourth-order valence-corrected chi connectivity index (χ4v) is 1.26. The zero-order valence-electron chi connectivity index (χ0n) is 8.20. The second kappa shape index (κ2) is 4.97. The van der Waals surface area contributed by atoms with Gasteiger partial charge >= 0.3 is 0 Å². The average Bonchev–Trinajstić information content (AvgIpc) is 2.15. The Labute approximate surface area is 79.2 Å². The van der Waals surface area contributed by atoms with E-state index >= 15 is 0 Å². The van der Waals surface area contributed by atoms with Crippen molar-refractivity contribution in [2.24, 2.45) is 0 Å². The van der Waals surface area contributed by atoms with Crippen molar-refractivity contribution in [2.45, 2.75) is 12.5 Å². The number of benzene rings is 1. The van der Waals surface area contributed by atoms with E-state index in [4.69, 9.17) is 0 Å². The predicted octanol–water partition coefficient (Wildman–Crippen LogP) is 2.13. The summed E-state index contributed by atoms with van der Waals surface area (Å²) >= 11 is 0. The van der Waals surface area contributed by atoms with Crippen LogP contribution in [-0.2, 0) is 6.42 Å². The van der Waals surface area contributed by atoms with Crippen molar-refractivity contribution >= 4 is 0 Å². The molecule has 0 unspecified atom stereocenters. The maximum absolute atomic E-state index is 12.6. The van der Waals surface area contributed by atoms with E-state index in [9.17, 15) is 4.39 Å². The summed E-state index contributed by atoms with van der Waals surface area (Å²) in [5.41, 5.74) is 1.19. The molecule has 13 heavy (non-hydrogen) atoms. The quantitative estimate of drug-likeness (QED) is 0.687. The summed E-state index contributed by atoms with van der Waals surface area (Å²) in [6, 6.07) is 10.0. The number of rotatable bonds is 4. The molecule has 1 aromatic rings. The molecule has 2 heteroatoms. The molecule has 1 nitrogen and oxygen atoms in total. The molecule has 0 bridgehead atoms. The predicted molar refractivity (Wildman–Crippen MR) is 53.6 cm³/mol. The van der Waals surface area contributed by atoms with Gasteiger partial charge in [-0.05, 0) is 26.1 Å². The number of halogens is 1. The van der Waals surface area contributed by atoms with E-state index in [-0.39, 0.29) is 12.7 Å². The van der Waals surface area contributed by atoms with Crippen molar-refractivity contribution in [3.8, 4) is 0 Å². The molecule has 0 N–H and O–H groups in total. The van der Waals surface area contributed by atoms with Gasteiger partial charge in [0.2, 0.25) is 0 Å². The summed E-state index contributed by atoms with van der Waals surface area (Å²) in [6.07, 6.45) is 0.782. The molecule has 1 aromatic carbocycles. The zero-order chi connectivity index (χ0) is 9.68. The van der Waals surface area contributed by atoms with Gasteiger partial charge in [0.15, 0.2) is 0 Å². The minimum absolute atomic E-state index is 0.00222. The fourth-order valence-electron chi connectivity index (χ4n) is 1.26. The van der Waals surface area contributed by atoms with Crippen LogP contribution in [0.15, 0.2) is 30.3 Å². The summed E-state index contributed by atoms with van der Waals surface area (Å²) in [7, 11) is 3.82. The lowest BCUT2D eigenvalue weighted by atomic mass is 10.1. The third kappa shape index (κ3) is 3.15. The minimum atomic E-state index is -0.290. The molecular weight excluding hydrogens is 165 g/mol. The Bertz CT molecular complexity index is 233. The first kappa shape index (κ1) is 10.2. The number of hydrogen-bond acceptors (Lipinski definition) is 1. The van der Waals surface area contributed by atoms with Crippen molar-refractivity contribution < 1.29 is 4.39 Å². The molecule has 0 aromatic heterocycles. The lowest BCUT2D eigenvalue weighted by Gasteiger charge is -2.20. The first-order valence-corrected chi connectivity index (χ1v) is 4.50. The highest BCUT2D eigenvalue weighted by Gasteiger charge is 2.10. The molecule has 1 atom stereocenters. The summed E-state index contributed by atoms with van der Waals surface area (Å²) in [5.74, 6) is 0. The van der Waals surface area contributed by atoms with Gasteiger partial charge in [0, 0.05) is 6.04 Å². The van der Waals surface area contributed by atoms with Crippen LogP contribution in [0.1, 0.15) is 5.56 Å². The molecule has 0 fully saturated rings. The first-order chi connectivity index (χ1) is 6.24. The molecule has 1 rings (SSSR count). The fraction of sp³-hybridized carbons (Fsp3) is 0.455. The Morgan fingerprint density at radius 3 is 2.31 bits per heavy atom. The number of hydrogen-bond donors (Lipinski definition) is 0. The van der Waals surface area contributed by atoms with Crippen molar-refractivity contribution in [1.29, 1.82) is 0 Å². The topological polar surface area (TPSA) is 3.24 Å². The van der Waals surface area contributed by atoms with Crippen LogP contribution in [0.3, 0.4) is 0 Å². The normalized spacial score (nSPS) is 13.2. The second-order valence-electron chi connectivity index (χ2n) is 3.46. The highest BCUT2D eigenvalue weighted by molar-refractivity contribution is 5.15. The van der Waals surface area contributed by atoms with Gasteiger partial charge in [-0.15, -0.1) is 0 Å². The van der Waals surface area contributed by atoms with Gasteiger partial charge in [-0.2, -0.15) is 0 Å².